The van der Waals surface area contributed by atoms with Crippen molar-refractivity contribution in [2.45, 2.75) is 0 Å². The Labute approximate surface area is 72.7 Å². The van der Waals surface area contributed by atoms with Crippen LogP contribution in [0.4, 0.5) is 5.13 Å². The SMILES string of the molecule is CNc1ncc(/C(C=O)=N/O)s1. The summed E-state index contributed by atoms with van der Waals surface area (Å²) in [6, 6.07) is 0. The van der Waals surface area contributed by atoms with Crippen molar-refractivity contribution in [1.29, 1.82) is 0 Å². The first-order chi connectivity index (χ1) is 5.81. The molecule has 0 spiro atoms. The Hall–Kier alpha value is -1.43. The summed E-state index contributed by atoms with van der Waals surface area (Å²) in [7, 11) is 1.72. The molecule has 1 aromatic heterocycles. The number of nitrogens with one attached hydrogen (secondary N) is 1. The number of hydrogen-bond donors (Lipinski definition) is 2. The van der Waals surface area contributed by atoms with Gasteiger partial charge in [0.1, 0.15) is 0 Å². The molecule has 6 heteroatoms. The number of carbonyl (C=O) groups is 1. The Kier molecular flexibility index (Phi) is 2.76. The molecule has 0 unspecified atom stereocenters. The van der Waals surface area contributed by atoms with E-state index >= 15 is 0 Å². The van der Waals surface area contributed by atoms with Crippen molar-refractivity contribution in [3.8, 4) is 0 Å². The van der Waals surface area contributed by atoms with Crippen LogP contribution in [0.25, 0.3) is 0 Å². The monoisotopic (exact) mass is 185 g/mol. The maximum Gasteiger partial charge on any atom is 0.182 e. The number of aromatic nitrogens is 1. The first-order valence-corrected chi connectivity index (χ1v) is 3.94. The summed E-state index contributed by atoms with van der Waals surface area (Å²) in [5.41, 5.74) is -0.00556. The maximum atomic E-state index is 10.3. The molecule has 2 N–H and O–H groups in total. The molecule has 0 saturated heterocycles. The van der Waals surface area contributed by atoms with E-state index < -0.39 is 0 Å². The number of rotatable bonds is 3. The second-order valence-electron chi connectivity index (χ2n) is 1.88. The summed E-state index contributed by atoms with van der Waals surface area (Å²) in [6.45, 7) is 0. The number of nitrogens with zero attached hydrogens (tertiary/aromatic N) is 2. The third-order valence-electron chi connectivity index (χ3n) is 1.19. The lowest BCUT2D eigenvalue weighted by Crippen LogP contribution is -1.98. The second kappa shape index (κ2) is 3.82. The Morgan fingerprint density at radius 3 is 3.08 bits per heavy atom. The van der Waals surface area contributed by atoms with E-state index in [0.29, 0.717) is 16.3 Å². The summed E-state index contributed by atoms with van der Waals surface area (Å²) in [5.74, 6) is 0. The summed E-state index contributed by atoms with van der Waals surface area (Å²) in [4.78, 5) is 14.7. The van der Waals surface area contributed by atoms with Gasteiger partial charge in [-0.2, -0.15) is 0 Å². The van der Waals surface area contributed by atoms with Crippen LogP contribution in [0.1, 0.15) is 4.88 Å². The summed E-state index contributed by atoms with van der Waals surface area (Å²) < 4.78 is 0. The Balaban J connectivity index is 2.95. The molecule has 0 saturated carbocycles. The Morgan fingerprint density at radius 2 is 2.67 bits per heavy atom. The fourth-order valence-corrected chi connectivity index (χ4v) is 1.35. The molecule has 64 valence electrons. The molecule has 12 heavy (non-hydrogen) atoms. The van der Waals surface area contributed by atoms with Gasteiger partial charge in [0.2, 0.25) is 0 Å². The van der Waals surface area contributed by atoms with Gasteiger partial charge < -0.3 is 10.5 Å². The van der Waals surface area contributed by atoms with Gasteiger partial charge in [-0.15, -0.1) is 0 Å². The van der Waals surface area contributed by atoms with Crippen LogP contribution in [-0.4, -0.2) is 29.2 Å². The lowest BCUT2D eigenvalue weighted by molar-refractivity contribution is -0.102. The largest absolute Gasteiger partial charge is 0.410 e. The topological polar surface area (TPSA) is 74.6 Å². The van der Waals surface area contributed by atoms with Crippen molar-refractivity contribution in [2.24, 2.45) is 5.16 Å². The highest BCUT2D eigenvalue weighted by molar-refractivity contribution is 7.18. The lowest BCUT2D eigenvalue weighted by atomic mass is 10.4. The van der Waals surface area contributed by atoms with Crippen LogP contribution in [-0.2, 0) is 4.79 Å². The van der Waals surface area contributed by atoms with Crippen LogP contribution < -0.4 is 5.32 Å². The Bertz CT molecular complexity index is 307. The number of carbonyl (C=O) groups excluding carboxylic acids is 1. The van der Waals surface area contributed by atoms with Crippen LogP contribution in [0.3, 0.4) is 0 Å². The predicted molar refractivity (Wildman–Crippen MR) is 46.0 cm³/mol. The molecule has 0 radical (unpaired) electrons. The lowest BCUT2D eigenvalue weighted by Gasteiger charge is -1.88. The smallest absolute Gasteiger partial charge is 0.182 e. The van der Waals surface area contributed by atoms with Crippen LogP contribution in [0.2, 0.25) is 0 Å². The van der Waals surface area contributed by atoms with Crippen LogP contribution in [0, 0.1) is 0 Å². The molecular weight excluding hydrogens is 178 g/mol. The maximum absolute atomic E-state index is 10.3. The summed E-state index contributed by atoms with van der Waals surface area (Å²) in [6.07, 6.45) is 1.95. The molecular formula is C6H7N3O2S. The molecule has 0 aliphatic heterocycles. The molecule has 0 atom stereocenters. The van der Waals surface area contributed by atoms with E-state index in [9.17, 15) is 4.79 Å². The van der Waals surface area contributed by atoms with Gasteiger partial charge in [-0.25, -0.2) is 4.98 Å². The van der Waals surface area contributed by atoms with Crippen molar-refractivity contribution in [3.05, 3.63) is 11.1 Å². The number of hydrogen-bond acceptors (Lipinski definition) is 6. The second-order valence-corrected chi connectivity index (χ2v) is 2.91. The average Bonchev–Trinajstić information content (AvgIpc) is 2.55. The van der Waals surface area contributed by atoms with Crippen molar-refractivity contribution >= 4 is 28.5 Å². The van der Waals surface area contributed by atoms with Crippen LogP contribution in [0.15, 0.2) is 11.4 Å². The van der Waals surface area contributed by atoms with Crippen molar-refractivity contribution < 1.29 is 10.0 Å². The number of anilines is 1. The molecule has 0 aromatic carbocycles. The first-order valence-electron chi connectivity index (χ1n) is 3.13. The van der Waals surface area contributed by atoms with Gasteiger partial charge in [0.15, 0.2) is 17.1 Å². The van der Waals surface area contributed by atoms with Crippen molar-refractivity contribution in [1.82, 2.24) is 4.98 Å². The number of oxime groups is 1. The van der Waals surface area contributed by atoms with E-state index in [2.05, 4.69) is 15.5 Å². The van der Waals surface area contributed by atoms with Crippen molar-refractivity contribution in [2.75, 3.05) is 12.4 Å². The minimum Gasteiger partial charge on any atom is -0.410 e. The quantitative estimate of drug-likeness (QED) is 0.312. The summed E-state index contributed by atoms with van der Waals surface area (Å²) in [5, 5.41) is 14.7. The van der Waals surface area contributed by atoms with Gasteiger partial charge in [-0.05, 0) is 0 Å². The van der Waals surface area contributed by atoms with Crippen LogP contribution >= 0.6 is 11.3 Å². The highest BCUT2D eigenvalue weighted by Gasteiger charge is 2.06. The molecule has 0 aliphatic carbocycles. The average molecular weight is 185 g/mol. The zero-order valence-corrected chi connectivity index (χ0v) is 7.13. The Morgan fingerprint density at radius 1 is 1.92 bits per heavy atom. The zero-order valence-electron chi connectivity index (χ0n) is 6.31. The minimum atomic E-state index is -0.00556. The molecule has 1 rings (SSSR count). The van der Waals surface area contributed by atoms with Crippen LogP contribution in [0.5, 0.6) is 0 Å². The summed E-state index contributed by atoms with van der Waals surface area (Å²) >= 11 is 1.25. The molecule has 0 amide bonds. The van der Waals surface area contributed by atoms with E-state index in [-0.39, 0.29) is 5.71 Å². The van der Waals surface area contributed by atoms with Gasteiger partial charge in [-0.1, -0.05) is 16.5 Å². The van der Waals surface area contributed by atoms with Gasteiger partial charge in [-0.3, -0.25) is 4.79 Å². The van der Waals surface area contributed by atoms with E-state index in [1.54, 1.807) is 7.05 Å². The molecule has 0 bridgehead atoms. The van der Waals surface area contributed by atoms with E-state index in [1.807, 2.05) is 0 Å². The van der Waals surface area contributed by atoms with E-state index in [4.69, 9.17) is 5.21 Å². The zero-order chi connectivity index (χ0) is 8.97. The third-order valence-corrected chi connectivity index (χ3v) is 2.23. The van der Waals surface area contributed by atoms with Crippen molar-refractivity contribution in [3.63, 3.8) is 0 Å². The van der Waals surface area contributed by atoms with Gasteiger partial charge in [0.25, 0.3) is 0 Å². The fraction of sp³-hybridized carbons (Fsp3) is 0.167. The van der Waals surface area contributed by atoms with Gasteiger partial charge in [0.05, 0.1) is 4.88 Å². The highest BCUT2D eigenvalue weighted by Crippen LogP contribution is 2.17. The number of thiazole rings is 1. The molecule has 5 nitrogen and oxygen atoms in total. The predicted octanol–water partition coefficient (Wildman–Crippen LogP) is 0.562. The van der Waals surface area contributed by atoms with E-state index in [1.165, 1.54) is 17.5 Å². The molecule has 1 heterocycles. The first kappa shape index (κ1) is 8.66. The fourth-order valence-electron chi connectivity index (χ4n) is 0.639. The normalized spacial score (nSPS) is 11.2. The molecule has 1 aromatic rings. The third kappa shape index (κ3) is 1.59. The standard InChI is InChI=1S/C6H7N3O2S/c1-7-6-8-2-5(12-6)4(3-10)9-11/h2-3,11H,1H3,(H,7,8)/b9-4+. The molecule has 0 aliphatic rings. The van der Waals surface area contributed by atoms with E-state index in [0.717, 1.165) is 0 Å². The molecule has 0 fully saturated rings. The minimum absolute atomic E-state index is 0.00556. The highest BCUT2D eigenvalue weighted by atomic mass is 32.1. The van der Waals surface area contributed by atoms with Gasteiger partial charge in [0, 0.05) is 13.2 Å². The van der Waals surface area contributed by atoms with Gasteiger partial charge >= 0.3 is 0 Å². The number of aldehydes is 1.